The summed E-state index contributed by atoms with van der Waals surface area (Å²) in [5.74, 6) is 1.13. The topological polar surface area (TPSA) is 66.5 Å². The van der Waals surface area contributed by atoms with Crippen LogP contribution in [-0.4, -0.2) is 17.2 Å². The maximum atomic E-state index is 14.0. The molecule has 0 aliphatic rings. The minimum atomic E-state index is -0.983. The van der Waals surface area contributed by atoms with Crippen LogP contribution in [0, 0.1) is 24.0 Å². The summed E-state index contributed by atoms with van der Waals surface area (Å²) in [4.78, 5) is 2.86. The Morgan fingerprint density at radius 2 is 2.09 bits per heavy atom. The van der Waals surface area contributed by atoms with Crippen molar-refractivity contribution in [3.63, 3.8) is 0 Å². The number of aromatic amines is 1. The van der Waals surface area contributed by atoms with Gasteiger partial charge in [-0.15, -0.1) is 11.5 Å². The summed E-state index contributed by atoms with van der Waals surface area (Å²) in [7, 11) is 1.50. The second kappa shape index (κ2) is 5.85. The molecule has 3 aromatic rings. The van der Waals surface area contributed by atoms with Gasteiger partial charge in [0, 0.05) is 18.8 Å². The molecule has 2 heterocycles. The zero-order valence-electron chi connectivity index (χ0n) is 12.0. The number of nitrogens with zero attached hydrogens (tertiary/aromatic N) is 3. The van der Waals surface area contributed by atoms with E-state index in [4.69, 9.17) is 10.9 Å². The van der Waals surface area contributed by atoms with Crippen LogP contribution in [-0.2, 0) is 0 Å². The van der Waals surface area contributed by atoms with Crippen LogP contribution >= 0.6 is 0 Å². The van der Waals surface area contributed by atoms with Crippen LogP contribution < -0.4 is 0 Å². The highest BCUT2D eigenvalue weighted by Crippen LogP contribution is 2.38. The Hall–Kier alpha value is -3.27. The molecule has 1 aromatic carbocycles. The second-order valence-corrected chi connectivity index (χ2v) is 4.54. The number of benzene rings is 1. The third-order valence-corrected chi connectivity index (χ3v) is 3.26. The van der Waals surface area contributed by atoms with E-state index in [0.29, 0.717) is 16.9 Å². The molecule has 0 radical (unpaired) electrons. The van der Waals surface area contributed by atoms with Crippen LogP contribution in [0.1, 0.15) is 5.56 Å². The smallest absolute Gasteiger partial charge is 0.177 e. The van der Waals surface area contributed by atoms with Gasteiger partial charge in [-0.3, -0.25) is 0 Å². The first-order valence-electron chi connectivity index (χ1n) is 6.54. The van der Waals surface area contributed by atoms with Gasteiger partial charge in [0.1, 0.15) is 0 Å². The van der Waals surface area contributed by atoms with Crippen LogP contribution in [0.15, 0.2) is 45.3 Å². The van der Waals surface area contributed by atoms with E-state index in [1.54, 1.807) is 6.20 Å². The largest absolute Gasteiger partial charge is 0.356 e. The van der Waals surface area contributed by atoms with E-state index in [2.05, 4.69) is 26.3 Å². The van der Waals surface area contributed by atoms with Gasteiger partial charge in [-0.05, 0) is 6.07 Å². The summed E-state index contributed by atoms with van der Waals surface area (Å²) in [6.45, 7) is 0. The highest BCUT2D eigenvalue weighted by Gasteiger charge is 2.22. The van der Waals surface area contributed by atoms with Crippen LogP contribution in [0.25, 0.3) is 22.5 Å². The monoisotopic (exact) mass is 312 g/mol. The van der Waals surface area contributed by atoms with Gasteiger partial charge in [-0.2, -0.15) is 5.11 Å². The molecule has 2 aromatic heterocycles. The van der Waals surface area contributed by atoms with E-state index in [9.17, 15) is 8.78 Å². The van der Waals surface area contributed by atoms with Gasteiger partial charge in [-0.25, -0.2) is 8.78 Å². The van der Waals surface area contributed by atoms with Crippen LogP contribution in [0.4, 0.5) is 14.6 Å². The molecular formula is C16H10F2N4O. The number of halogens is 2. The van der Waals surface area contributed by atoms with E-state index < -0.39 is 11.6 Å². The summed E-state index contributed by atoms with van der Waals surface area (Å²) in [6, 6.07) is 3.87. The molecule has 0 aliphatic heterocycles. The quantitative estimate of drug-likeness (QED) is 0.578. The summed E-state index contributed by atoms with van der Waals surface area (Å²) in [5, 5.41) is 11.2. The lowest BCUT2D eigenvalue weighted by molar-refractivity contribution is 0.432. The number of nitrogens with one attached hydrogen (secondary N) is 1. The average molecular weight is 312 g/mol. The molecule has 114 valence electrons. The number of hydrogen-bond donors (Lipinski definition) is 1. The van der Waals surface area contributed by atoms with Gasteiger partial charge in [0.2, 0.25) is 0 Å². The molecule has 0 atom stereocenters. The first kappa shape index (κ1) is 14.7. The van der Waals surface area contributed by atoms with Crippen molar-refractivity contribution in [2.24, 2.45) is 10.2 Å². The van der Waals surface area contributed by atoms with E-state index >= 15 is 0 Å². The predicted molar refractivity (Wildman–Crippen MR) is 80.0 cm³/mol. The fourth-order valence-corrected chi connectivity index (χ4v) is 2.25. The van der Waals surface area contributed by atoms with Gasteiger partial charge in [0.25, 0.3) is 0 Å². The molecular weight excluding hydrogens is 302 g/mol. The molecule has 7 heteroatoms. The van der Waals surface area contributed by atoms with Gasteiger partial charge >= 0.3 is 0 Å². The molecule has 23 heavy (non-hydrogen) atoms. The van der Waals surface area contributed by atoms with Crippen molar-refractivity contribution in [1.29, 1.82) is 0 Å². The molecule has 0 saturated heterocycles. The molecule has 0 spiro atoms. The summed E-state index contributed by atoms with van der Waals surface area (Å²) < 4.78 is 32.7. The van der Waals surface area contributed by atoms with E-state index in [-0.39, 0.29) is 16.9 Å². The zero-order chi connectivity index (χ0) is 16.4. The molecule has 0 saturated carbocycles. The number of hydrogen-bond acceptors (Lipinski definition) is 4. The lowest BCUT2D eigenvalue weighted by Crippen LogP contribution is -1.89. The highest BCUT2D eigenvalue weighted by molar-refractivity contribution is 5.84. The lowest BCUT2D eigenvalue weighted by atomic mass is 10.0. The molecule has 3 rings (SSSR count). The van der Waals surface area contributed by atoms with E-state index in [1.807, 2.05) is 0 Å². The Labute approximate surface area is 130 Å². The van der Waals surface area contributed by atoms with Gasteiger partial charge in [-0.1, -0.05) is 23.2 Å². The average Bonchev–Trinajstić information content (AvgIpc) is 3.16. The van der Waals surface area contributed by atoms with Crippen molar-refractivity contribution < 1.29 is 13.3 Å². The predicted octanol–water partition coefficient (Wildman–Crippen LogP) is 4.31. The molecule has 0 fully saturated rings. The number of H-pyrrole nitrogens is 1. The number of azo groups is 1. The van der Waals surface area contributed by atoms with Crippen molar-refractivity contribution in [3.05, 3.63) is 47.8 Å². The van der Waals surface area contributed by atoms with Crippen molar-refractivity contribution in [2.45, 2.75) is 0 Å². The third-order valence-electron chi connectivity index (χ3n) is 3.26. The number of terminal acetylenes is 1. The van der Waals surface area contributed by atoms with Crippen LogP contribution in [0.3, 0.4) is 0 Å². The normalized spacial score (nSPS) is 11.0. The summed E-state index contributed by atoms with van der Waals surface area (Å²) >= 11 is 0. The SMILES string of the molecule is C#Cc1c(-c2oncc2-c2cccc(F)c2F)c[nH]c1N=NC. The van der Waals surface area contributed by atoms with Gasteiger partial charge < -0.3 is 9.51 Å². The molecule has 0 bridgehead atoms. The Kier molecular flexibility index (Phi) is 3.73. The van der Waals surface area contributed by atoms with Crippen molar-refractivity contribution >= 4 is 5.82 Å². The molecule has 0 aliphatic carbocycles. The van der Waals surface area contributed by atoms with Crippen LogP contribution in [0.2, 0.25) is 0 Å². The van der Waals surface area contributed by atoms with E-state index in [0.717, 1.165) is 6.07 Å². The molecule has 0 amide bonds. The minimum absolute atomic E-state index is 0.0316. The minimum Gasteiger partial charge on any atom is -0.356 e. The van der Waals surface area contributed by atoms with Gasteiger partial charge in [0.05, 0.1) is 22.9 Å². The fourth-order valence-electron chi connectivity index (χ4n) is 2.25. The zero-order valence-corrected chi connectivity index (χ0v) is 12.0. The first-order valence-corrected chi connectivity index (χ1v) is 6.54. The molecule has 0 unspecified atom stereocenters. The highest BCUT2D eigenvalue weighted by atomic mass is 19.2. The van der Waals surface area contributed by atoms with E-state index in [1.165, 1.54) is 25.4 Å². The summed E-state index contributed by atoms with van der Waals surface area (Å²) in [6.07, 6.45) is 8.37. The van der Waals surface area contributed by atoms with Crippen molar-refractivity contribution in [2.75, 3.05) is 7.05 Å². The van der Waals surface area contributed by atoms with Crippen LogP contribution in [0.5, 0.6) is 0 Å². The third kappa shape index (κ3) is 2.40. The standard InChI is InChI=1S/C16H10F2N4O/c1-3-9-11(7-20-16(9)22-19-2)15-12(8-21-23-15)10-5-4-6-13(17)14(10)18/h1,4-8,20H,2H3. The Morgan fingerprint density at radius 3 is 2.83 bits per heavy atom. The Morgan fingerprint density at radius 1 is 1.26 bits per heavy atom. The Balaban J connectivity index is 2.20. The van der Waals surface area contributed by atoms with Crippen molar-refractivity contribution in [1.82, 2.24) is 10.1 Å². The van der Waals surface area contributed by atoms with Crippen molar-refractivity contribution in [3.8, 4) is 34.8 Å². The lowest BCUT2D eigenvalue weighted by Gasteiger charge is -2.03. The maximum Gasteiger partial charge on any atom is 0.177 e. The molecule has 5 nitrogen and oxygen atoms in total. The second-order valence-electron chi connectivity index (χ2n) is 4.54. The number of aromatic nitrogens is 2. The first-order chi connectivity index (χ1) is 11.2. The van der Waals surface area contributed by atoms with Gasteiger partial charge in [0.15, 0.2) is 23.2 Å². The number of rotatable bonds is 3. The Bertz CT molecular complexity index is 934. The fraction of sp³-hybridized carbons (Fsp3) is 0.0625. The summed E-state index contributed by atoms with van der Waals surface area (Å²) in [5.41, 5.74) is 1.18. The maximum absolute atomic E-state index is 14.0. The molecule has 1 N–H and O–H groups in total.